The zero-order valence-electron chi connectivity index (χ0n) is 10.9. The summed E-state index contributed by atoms with van der Waals surface area (Å²) in [4.78, 5) is 6.53. The summed E-state index contributed by atoms with van der Waals surface area (Å²) in [6.45, 7) is 2.08. The molecule has 0 aliphatic carbocycles. The summed E-state index contributed by atoms with van der Waals surface area (Å²) < 4.78 is 0. The van der Waals surface area contributed by atoms with Gasteiger partial charge in [-0.2, -0.15) is 0 Å². The van der Waals surface area contributed by atoms with E-state index in [9.17, 15) is 0 Å². The number of anilines is 2. The van der Waals surface area contributed by atoms with Crippen LogP contribution < -0.4 is 10.6 Å². The zero-order valence-corrected chi connectivity index (χ0v) is 10.9. The van der Waals surface area contributed by atoms with E-state index in [0.29, 0.717) is 0 Å². The fourth-order valence-corrected chi connectivity index (χ4v) is 1.83. The van der Waals surface area contributed by atoms with Crippen molar-refractivity contribution in [2.75, 3.05) is 11.9 Å². The molecule has 1 aromatic heterocycles. The lowest BCUT2D eigenvalue weighted by molar-refractivity contribution is 0.695. The molecule has 0 aliphatic heterocycles. The maximum Gasteiger partial charge on any atom is 0.132 e. The van der Waals surface area contributed by atoms with Gasteiger partial charge in [-0.25, -0.2) is 4.98 Å². The van der Waals surface area contributed by atoms with E-state index in [-0.39, 0.29) is 6.04 Å². The maximum absolute atomic E-state index is 5.98. The molecule has 18 heavy (non-hydrogen) atoms. The summed E-state index contributed by atoms with van der Waals surface area (Å²) in [6.07, 6.45) is 2.79. The molecular formula is C15H19N3. The van der Waals surface area contributed by atoms with Gasteiger partial charge in [0, 0.05) is 25.0 Å². The Bertz CT molecular complexity index is 479. The SMILES string of the molecule is CC[C@H](N)c1ccc(N(C)c2ccccc2)nc1. The Morgan fingerprint density at radius 3 is 2.44 bits per heavy atom. The molecule has 0 amide bonds. The van der Waals surface area contributed by atoms with Crippen LogP contribution >= 0.6 is 0 Å². The largest absolute Gasteiger partial charge is 0.329 e. The second-order valence-corrected chi connectivity index (χ2v) is 4.36. The molecule has 0 aliphatic rings. The maximum atomic E-state index is 5.98. The van der Waals surface area contributed by atoms with Gasteiger partial charge in [-0.1, -0.05) is 31.2 Å². The van der Waals surface area contributed by atoms with Crippen molar-refractivity contribution >= 4 is 11.5 Å². The minimum atomic E-state index is 0.0774. The molecule has 0 radical (unpaired) electrons. The number of pyridine rings is 1. The minimum absolute atomic E-state index is 0.0774. The lowest BCUT2D eigenvalue weighted by Gasteiger charge is -2.19. The molecule has 94 valence electrons. The highest BCUT2D eigenvalue weighted by atomic mass is 15.2. The number of nitrogens with two attached hydrogens (primary N) is 1. The quantitative estimate of drug-likeness (QED) is 0.893. The number of hydrogen-bond donors (Lipinski definition) is 1. The van der Waals surface area contributed by atoms with Crippen LogP contribution in [0.1, 0.15) is 24.9 Å². The fraction of sp³-hybridized carbons (Fsp3) is 0.267. The van der Waals surface area contributed by atoms with E-state index in [1.54, 1.807) is 0 Å². The summed E-state index contributed by atoms with van der Waals surface area (Å²) >= 11 is 0. The molecule has 0 saturated heterocycles. The van der Waals surface area contributed by atoms with Crippen LogP contribution in [0, 0.1) is 0 Å². The van der Waals surface area contributed by atoms with Gasteiger partial charge in [0.25, 0.3) is 0 Å². The Hall–Kier alpha value is -1.87. The highest BCUT2D eigenvalue weighted by molar-refractivity contribution is 5.58. The van der Waals surface area contributed by atoms with Gasteiger partial charge in [0.1, 0.15) is 5.82 Å². The Balaban J connectivity index is 2.19. The predicted molar refractivity (Wildman–Crippen MR) is 76.0 cm³/mol. The molecule has 1 heterocycles. The van der Waals surface area contributed by atoms with Crippen molar-refractivity contribution in [2.24, 2.45) is 5.73 Å². The van der Waals surface area contributed by atoms with E-state index in [2.05, 4.69) is 35.0 Å². The van der Waals surface area contributed by atoms with Crippen LogP contribution in [0.4, 0.5) is 11.5 Å². The lowest BCUT2D eigenvalue weighted by atomic mass is 10.1. The summed E-state index contributed by atoms with van der Waals surface area (Å²) in [6, 6.07) is 14.3. The van der Waals surface area contributed by atoms with Crippen molar-refractivity contribution in [3.63, 3.8) is 0 Å². The Morgan fingerprint density at radius 2 is 1.89 bits per heavy atom. The fourth-order valence-electron chi connectivity index (χ4n) is 1.83. The molecular weight excluding hydrogens is 222 g/mol. The topological polar surface area (TPSA) is 42.1 Å². The molecule has 1 aromatic carbocycles. The van der Waals surface area contributed by atoms with Crippen LogP contribution in [0.25, 0.3) is 0 Å². The van der Waals surface area contributed by atoms with Crippen molar-refractivity contribution in [2.45, 2.75) is 19.4 Å². The average molecular weight is 241 g/mol. The number of benzene rings is 1. The van der Waals surface area contributed by atoms with Gasteiger partial charge in [-0.05, 0) is 30.2 Å². The third-order valence-corrected chi connectivity index (χ3v) is 3.13. The number of rotatable bonds is 4. The van der Waals surface area contributed by atoms with E-state index in [4.69, 9.17) is 5.73 Å². The highest BCUT2D eigenvalue weighted by Crippen LogP contribution is 2.22. The Kier molecular flexibility index (Phi) is 3.95. The molecule has 0 fully saturated rings. The second kappa shape index (κ2) is 5.65. The summed E-state index contributed by atoms with van der Waals surface area (Å²) in [5, 5.41) is 0. The van der Waals surface area contributed by atoms with Crippen LogP contribution in [0.2, 0.25) is 0 Å². The van der Waals surface area contributed by atoms with E-state index in [0.717, 1.165) is 23.5 Å². The molecule has 3 heteroatoms. The molecule has 0 saturated carbocycles. The summed E-state index contributed by atoms with van der Waals surface area (Å²) in [5.74, 6) is 0.924. The van der Waals surface area contributed by atoms with Crippen LogP contribution in [-0.2, 0) is 0 Å². The standard InChI is InChI=1S/C15H19N3/c1-3-14(16)12-9-10-15(17-11-12)18(2)13-7-5-4-6-8-13/h4-11,14H,3,16H2,1-2H3/t14-/m0/s1. The number of para-hydroxylation sites is 1. The van der Waals surface area contributed by atoms with Gasteiger partial charge < -0.3 is 10.6 Å². The average Bonchev–Trinajstić information content (AvgIpc) is 2.47. The van der Waals surface area contributed by atoms with Crippen molar-refractivity contribution in [3.05, 3.63) is 54.2 Å². The Morgan fingerprint density at radius 1 is 1.17 bits per heavy atom. The number of nitrogens with zero attached hydrogens (tertiary/aromatic N) is 2. The third kappa shape index (κ3) is 2.68. The van der Waals surface area contributed by atoms with Gasteiger partial charge in [-0.3, -0.25) is 0 Å². The summed E-state index contributed by atoms with van der Waals surface area (Å²) in [5.41, 5.74) is 8.19. The molecule has 1 atom stereocenters. The number of hydrogen-bond acceptors (Lipinski definition) is 3. The van der Waals surface area contributed by atoms with Gasteiger partial charge >= 0.3 is 0 Å². The first kappa shape index (κ1) is 12.6. The monoisotopic (exact) mass is 241 g/mol. The molecule has 3 nitrogen and oxygen atoms in total. The molecule has 0 spiro atoms. The minimum Gasteiger partial charge on any atom is -0.329 e. The van der Waals surface area contributed by atoms with Gasteiger partial charge in [0.2, 0.25) is 0 Å². The van der Waals surface area contributed by atoms with Crippen molar-refractivity contribution in [3.8, 4) is 0 Å². The first-order chi connectivity index (χ1) is 8.72. The van der Waals surface area contributed by atoms with Crippen molar-refractivity contribution in [1.29, 1.82) is 0 Å². The molecule has 0 unspecified atom stereocenters. The van der Waals surface area contributed by atoms with E-state index >= 15 is 0 Å². The van der Waals surface area contributed by atoms with Crippen molar-refractivity contribution < 1.29 is 0 Å². The second-order valence-electron chi connectivity index (χ2n) is 4.36. The number of aromatic nitrogens is 1. The van der Waals surface area contributed by atoms with E-state index in [1.165, 1.54) is 0 Å². The molecule has 2 rings (SSSR count). The third-order valence-electron chi connectivity index (χ3n) is 3.13. The zero-order chi connectivity index (χ0) is 13.0. The molecule has 2 N–H and O–H groups in total. The van der Waals surface area contributed by atoms with Gasteiger partial charge in [0.15, 0.2) is 0 Å². The highest BCUT2D eigenvalue weighted by Gasteiger charge is 2.07. The molecule has 2 aromatic rings. The first-order valence-corrected chi connectivity index (χ1v) is 6.22. The van der Waals surface area contributed by atoms with Gasteiger partial charge in [-0.15, -0.1) is 0 Å². The molecule has 0 bridgehead atoms. The first-order valence-electron chi connectivity index (χ1n) is 6.22. The normalized spacial score (nSPS) is 12.2. The van der Waals surface area contributed by atoms with Crippen molar-refractivity contribution in [1.82, 2.24) is 4.98 Å². The van der Waals surface area contributed by atoms with Crippen LogP contribution in [-0.4, -0.2) is 12.0 Å². The van der Waals surface area contributed by atoms with Crippen LogP contribution in [0.5, 0.6) is 0 Å². The van der Waals surface area contributed by atoms with Crippen LogP contribution in [0.3, 0.4) is 0 Å². The van der Waals surface area contributed by atoms with Crippen LogP contribution in [0.15, 0.2) is 48.7 Å². The Labute approximate surface area is 108 Å². The van der Waals surface area contributed by atoms with Gasteiger partial charge in [0.05, 0.1) is 0 Å². The predicted octanol–water partition coefficient (Wildman–Crippen LogP) is 3.26. The summed E-state index contributed by atoms with van der Waals surface area (Å²) in [7, 11) is 2.01. The lowest BCUT2D eigenvalue weighted by Crippen LogP contribution is -2.13. The van der Waals surface area contributed by atoms with E-state index < -0.39 is 0 Å². The van der Waals surface area contributed by atoms with E-state index in [1.807, 2.05) is 37.5 Å². The smallest absolute Gasteiger partial charge is 0.132 e.